The Kier molecular flexibility index (Phi) is 3.69. The molecule has 0 unspecified atom stereocenters. The summed E-state index contributed by atoms with van der Waals surface area (Å²) in [5.41, 5.74) is 1.74. The van der Waals surface area contributed by atoms with Crippen LogP contribution in [0.1, 0.15) is 33.8 Å². The van der Waals surface area contributed by atoms with Crippen molar-refractivity contribution in [1.29, 1.82) is 0 Å². The standard InChI is InChI=1S/C15H16N2O2S/c1-19-11-6-4-5-10(9-11)14(18)17-15-16-12-7-2-3-8-13(12)20-15/h4-6,9H,2-3,7-8H2,1H3,(H,16,17,18). The van der Waals surface area contributed by atoms with Gasteiger partial charge in [0.1, 0.15) is 5.75 Å². The van der Waals surface area contributed by atoms with Gasteiger partial charge in [0.2, 0.25) is 0 Å². The molecule has 20 heavy (non-hydrogen) atoms. The van der Waals surface area contributed by atoms with Crippen LogP contribution in [-0.4, -0.2) is 18.0 Å². The molecular formula is C15H16N2O2S. The number of methoxy groups -OCH3 is 1. The first kappa shape index (κ1) is 13.1. The smallest absolute Gasteiger partial charge is 0.257 e. The lowest BCUT2D eigenvalue weighted by molar-refractivity contribution is 0.102. The molecule has 0 atom stereocenters. The van der Waals surface area contributed by atoms with E-state index in [-0.39, 0.29) is 5.91 Å². The number of carbonyl (C=O) groups is 1. The number of hydrogen-bond donors (Lipinski definition) is 1. The molecule has 0 radical (unpaired) electrons. The molecule has 0 bridgehead atoms. The highest BCUT2D eigenvalue weighted by atomic mass is 32.1. The maximum absolute atomic E-state index is 12.2. The molecule has 1 aromatic heterocycles. The molecule has 1 heterocycles. The molecule has 4 nitrogen and oxygen atoms in total. The summed E-state index contributed by atoms with van der Waals surface area (Å²) in [6.07, 6.45) is 4.53. The normalized spacial score (nSPS) is 13.7. The lowest BCUT2D eigenvalue weighted by Crippen LogP contribution is -2.11. The van der Waals surface area contributed by atoms with Gasteiger partial charge in [-0.05, 0) is 43.9 Å². The Hall–Kier alpha value is -1.88. The average Bonchev–Trinajstić information content (AvgIpc) is 2.89. The second kappa shape index (κ2) is 5.63. The third-order valence-electron chi connectivity index (χ3n) is 3.40. The lowest BCUT2D eigenvalue weighted by atomic mass is 10.0. The van der Waals surface area contributed by atoms with E-state index in [1.54, 1.807) is 36.6 Å². The van der Waals surface area contributed by atoms with Crippen molar-refractivity contribution in [3.8, 4) is 5.75 Å². The summed E-state index contributed by atoms with van der Waals surface area (Å²) in [5, 5.41) is 3.58. The zero-order valence-corrected chi connectivity index (χ0v) is 12.1. The molecule has 0 fully saturated rings. The Labute approximate surface area is 121 Å². The van der Waals surface area contributed by atoms with E-state index in [1.165, 1.54) is 17.7 Å². The molecule has 1 aromatic carbocycles. The SMILES string of the molecule is COc1cccc(C(=O)Nc2nc3c(s2)CCCC3)c1. The van der Waals surface area contributed by atoms with Crippen molar-refractivity contribution in [2.24, 2.45) is 0 Å². The van der Waals surface area contributed by atoms with Crippen molar-refractivity contribution < 1.29 is 9.53 Å². The Morgan fingerprint density at radius 2 is 2.20 bits per heavy atom. The van der Waals surface area contributed by atoms with Gasteiger partial charge in [0, 0.05) is 10.4 Å². The van der Waals surface area contributed by atoms with Gasteiger partial charge in [-0.1, -0.05) is 6.07 Å². The number of anilines is 1. The highest BCUT2D eigenvalue weighted by Crippen LogP contribution is 2.29. The quantitative estimate of drug-likeness (QED) is 0.943. The molecule has 3 rings (SSSR count). The van der Waals surface area contributed by atoms with E-state index in [2.05, 4.69) is 10.3 Å². The zero-order chi connectivity index (χ0) is 13.9. The van der Waals surface area contributed by atoms with Gasteiger partial charge in [0.15, 0.2) is 5.13 Å². The van der Waals surface area contributed by atoms with Crippen LogP contribution in [0.3, 0.4) is 0 Å². The van der Waals surface area contributed by atoms with E-state index in [1.807, 2.05) is 6.07 Å². The van der Waals surface area contributed by atoms with Crippen molar-refractivity contribution in [2.45, 2.75) is 25.7 Å². The fraction of sp³-hybridized carbons (Fsp3) is 0.333. The molecule has 1 N–H and O–H groups in total. The van der Waals surface area contributed by atoms with Gasteiger partial charge in [-0.15, -0.1) is 11.3 Å². The van der Waals surface area contributed by atoms with Crippen molar-refractivity contribution in [3.63, 3.8) is 0 Å². The third kappa shape index (κ3) is 2.67. The van der Waals surface area contributed by atoms with Crippen LogP contribution >= 0.6 is 11.3 Å². The molecule has 2 aromatic rings. The molecule has 1 aliphatic carbocycles. The van der Waals surface area contributed by atoms with Crippen molar-refractivity contribution in [1.82, 2.24) is 4.98 Å². The second-order valence-electron chi connectivity index (χ2n) is 4.78. The molecule has 0 spiro atoms. The number of thiazole rings is 1. The number of fused-ring (bicyclic) bond motifs is 1. The first-order chi connectivity index (χ1) is 9.76. The summed E-state index contributed by atoms with van der Waals surface area (Å²) in [6.45, 7) is 0. The maximum Gasteiger partial charge on any atom is 0.257 e. The van der Waals surface area contributed by atoms with Gasteiger partial charge in [-0.25, -0.2) is 4.98 Å². The van der Waals surface area contributed by atoms with E-state index in [9.17, 15) is 4.79 Å². The van der Waals surface area contributed by atoms with Crippen LogP contribution < -0.4 is 10.1 Å². The number of carbonyl (C=O) groups excluding carboxylic acids is 1. The van der Waals surface area contributed by atoms with Gasteiger partial charge >= 0.3 is 0 Å². The Morgan fingerprint density at radius 3 is 3.00 bits per heavy atom. The first-order valence-electron chi connectivity index (χ1n) is 6.70. The minimum Gasteiger partial charge on any atom is -0.497 e. The predicted octanol–water partition coefficient (Wildman–Crippen LogP) is 3.28. The van der Waals surface area contributed by atoms with E-state index in [0.29, 0.717) is 16.4 Å². The summed E-state index contributed by atoms with van der Waals surface area (Å²) in [5.74, 6) is 0.533. The molecule has 104 valence electrons. The largest absolute Gasteiger partial charge is 0.497 e. The number of aromatic nitrogens is 1. The number of ether oxygens (including phenoxy) is 1. The number of nitrogens with one attached hydrogen (secondary N) is 1. The summed E-state index contributed by atoms with van der Waals surface area (Å²) < 4.78 is 5.13. The molecule has 5 heteroatoms. The second-order valence-corrected chi connectivity index (χ2v) is 5.87. The third-order valence-corrected chi connectivity index (χ3v) is 4.47. The van der Waals surface area contributed by atoms with Crippen LogP contribution in [0.25, 0.3) is 0 Å². The van der Waals surface area contributed by atoms with E-state index in [0.717, 1.165) is 18.5 Å². The Balaban J connectivity index is 1.76. The number of nitrogens with zero attached hydrogens (tertiary/aromatic N) is 1. The summed E-state index contributed by atoms with van der Waals surface area (Å²) in [7, 11) is 1.59. The first-order valence-corrected chi connectivity index (χ1v) is 7.52. The molecule has 0 aliphatic heterocycles. The van der Waals surface area contributed by atoms with Crippen molar-refractivity contribution in [2.75, 3.05) is 12.4 Å². The van der Waals surface area contributed by atoms with E-state index >= 15 is 0 Å². The Morgan fingerprint density at radius 1 is 1.35 bits per heavy atom. The molecule has 1 amide bonds. The number of benzene rings is 1. The van der Waals surface area contributed by atoms with E-state index < -0.39 is 0 Å². The number of hydrogen-bond acceptors (Lipinski definition) is 4. The number of amides is 1. The van der Waals surface area contributed by atoms with Crippen LogP contribution in [0, 0.1) is 0 Å². The van der Waals surface area contributed by atoms with Gasteiger partial charge in [0.05, 0.1) is 12.8 Å². The van der Waals surface area contributed by atoms with Crippen molar-refractivity contribution in [3.05, 3.63) is 40.4 Å². The van der Waals surface area contributed by atoms with Gasteiger partial charge < -0.3 is 4.74 Å². The maximum atomic E-state index is 12.2. The fourth-order valence-electron chi connectivity index (χ4n) is 2.34. The molecule has 0 saturated carbocycles. The topological polar surface area (TPSA) is 51.2 Å². The van der Waals surface area contributed by atoms with Crippen LogP contribution in [0.15, 0.2) is 24.3 Å². The van der Waals surface area contributed by atoms with Gasteiger partial charge in [0.25, 0.3) is 5.91 Å². The van der Waals surface area contributed by atoms with Crippen molar-refractivity contribution >= 4 is 22.4 Å². The van der Waals surface area contributed by atoms with Crippen LogP contribution in [0.2, 0.25) is 0 Å². The minimum absolute atomic E-state index is 0.144. The summed E-state index contributed by atoms with van der Waals surface area (Å²) >= 11 is 1.59. The summed E-state index contributed by atoms with van der Waals surface area (Å²) in [6, 6.07) is 7.12. The summed E-state index contributed by atoms with van der Waals surface area (Å²) in [4.78, 5) is 18.0. The molecular weight excluding hydrogens is 272 g/mol. The van der Waals surface area contributed by atoms with Crippen LogP contribution in [-0.2, 0) is 12.8 Å². The Bertz CT molecular complexity index is 613. The van der Waals surface area contributed by atoms with Gasteiger partial charge in [-0.2, -0.15) is 0 Å². The van der Waals surface area contributed by atoms with Gasteiger partial charge in [-0.3, -0.25) is 10.1 Å². The highest BCUT2D eigenvalue weighted by Gasteiger charge is 2.16. The van der Waals surface area contributed by atoms with E-state index in [4.69, 9.17) is 4.74 Å². The molecule has 1 aliphatic rings. The minimum atomic E-state index is -0.144. The number of aryl methyl sites for hydroxylation is 2. The molecule has 0 saturated heterocycles. The van der Waals surface area contributed by atoms with Crippen LogP contribution in [0.4, 0.5) is 5.13 Å². The zero-order valence-electron chi connectivity index (χ0n) is 11.3. The number of rotatable bonds is 3. The fourth-order valence-corrected chi connectivity index (χ4v) is 3.38. The average molecular weight is 288 g/mol. The highest BCUT2D eigenvalue weighted by molar-refractivity contribution is 7.15. The van der Waals surface area contributed by atoms with Crippen LogP contribution in [0.5, 0.6) is 5.75 Å². The lowest BCUT2D eigenvalue weighted by Gasteiger charge is -2.06. The monoisotopic (exact) mass is 288 g/mol. The predicted molar refractivity (Wildman–Crippen MR) is 79.7 cm³/mol.